The predicted octanol–water partition coefficient (Wildman–Crippen LogP) is 4.18. The average Bonchev–Trinajstić information content (AvgIpc) is 3.10. The lowest BCUT2D eigenvalue weighted by atomic mass is 9.98. The number of likely N-dealkylation sites (N-methyl/N-ethyl adjacent to an activating group) is 1. The Morgan fingerprint density at radius 3 is 2.79 bits per heavy atom. The van der Waals surface area contributed by atoms with Gasteiger partial charge >= 0.3 is 6.09 Å². The Hall–Kier alpha value is -2.60. The number of benzene rings is 1. The SMILES string of the molecule is CNCCOc1cc(-c2ccc3c(c2NC(=O)OC(C)(C)C)CCC3)ccn1. The molecule has 1 aromatic heterocycles. The number of anilines is 1. The summed E-state index contributed by atoms with van der Waals surface area (Å²) in [5.41, 5.74) is 4.67. The van der Waals surface area contributed by atoms with Gasteiger partial charge in [-0.05, 0) is 69.8 Å². The highest BCUT2D eigenvalue weighted by atomic mass is 16.6. The van der Waals surface area contributed by atoms with Crippen molar-refractivity contribution in [3.8, 4) is 17.0 Å². The molecular formula is C22H29N3O3. The number of carbonyl (C=O) groups excluding carboxylic acids is 1. The molecule has 1 aliphatic carbocycles. The summed E-state index contributed by atoms with van der Waals surface area (Å²) in [6.07, 6.45) is 4.37. The normalized spacial score (nSPS) is 13.1. The summed E-state index contributed by atoms with van der Waals surface area (Å²) in [6, 6.07) is 8.05. The molecule has 0 saturated carbocycles. The molecule has 0 radical (unpaired) electrons. The van der Waals surface area contributed by atoms with E-state index in [0.717, 1.165) is 42.6 Å². The summed E-state index contributed by atoms with van der Waals surface area (Å²) >= 11 is 0. The van der Waals surface area contributed by atoms with Gasteiger partial charge in [-0.2, -0.15) is 0 Å². The van der Waals surface area contributed by atoms with Crippen LogP contribution in [0.2, 0.25) is 0 Å². The van der Waals surface area contributed by atoms with E-state index in [1.165, 1.54) is 11.1 Å². The van der Waals surface area contributed by atoms with E-state index >= 15 is 0 Å². The summed E-state index contributed by atoms with van der Waals surface area (Å²) < 4.78 is 11.2. The van der Waals surface area contributed by atoms with E-state index in [9.17, 15) is 4.79 Å². The van der Waals surface area contributed by atoms with Crippen LogP contribution in [-0.2, 0) is 17.6 Å². The lowest BCUT2D eigenvalue weighted by molar-refractivity contribution is 0.0636. The second-order valence-corrected chi connectivity index (χ2v) is 7.94. The first-order chi connectivity index (χ1) is 13.4. The van der Waals surface area contributed by atoms with E-state index in [-0.39, 0.29) is 0 Å². The van der Waals surface area contributed by atoms with E-state index in [1.54, 1.807) is 6.20 Å². The minimum Gasteiger partial charge on any atom is -0.476 e. The highest BCUT2D eigenvalue weighted by Gasteiger charge is 2.23. The summed E-state index contributed by atoms with van der Waals surface area (Å²) in [7, 11) is 1.88. The fourth-order valence-electron chi connectivity index (χ4n) is 3.37. The van der Waals surface area contributed by atoms with Gasteiger partial charge in [-0.15, -0.1) is 0 Å². The molecular weight excluding hydrogens is 354 g/mol. The number of aromatic nitrogens is 1. The summed E-state index contributed by atoms with van der Waals surface area (Å²) in [5.74, 6) is 0.566. The highest BCUT2D eigenvalue weighted by Crippen LogP contribution is 2.38. The molecule has 1 aromatic carbocycles. The average molecular weight is 383 g/mol. The third-order valence-electron chi connectivity index (χ3n) is 4.56. The number of amides is 1. The number of nitrogens with zero attached hydrogens (tertiary/aromatic N) is 1. The molecule has 2 aromatic rings. The van der Waals surface area contributed by atoms with E-state index in [1.807, 2.05) is 40.0 Å². The molecule has 0 atom stereocenters. The zero-order valence-electron chi connectivity index (χ0n) is 17.1. The molecule has 6 nitrogen and oxygen atoms in total. The number of hydrogen-bond acceptors (Lipinski definition) is 5. The molecule has 0 bridgehead atoms. The summed E-state index contributed by atoms with van der Waals surface area (Å²) in [5, 5.41) is 6.05. The van der Waals surface area contributed by atoms with E-state index in [0.29, 0.717) is 12.5 Å². The maximum atomic E-state index is 12.5. The zero-order valence-corrected chi connectivity index (χ0v) is 17.1. The number of rotatable bonds is 6. The van der Waals surface area contributed by atoms with Gasteiger partial charge in [0.1, 0.15) is 12.2 Å². The van der Waals surface area contributed by atoms with Crippen molar-refractivity contribution in [1.29, 1.82) is 0 Å². The Balaban J connectivity index is 1.93. The van der Waals surface area contributed by atoms with Crippen LogP contribution in [0.1, 0.15) is 38.3 Å². The number of nitrogens with one attached hydrogen (secondary N) is 2. The van der Waals surface area contributed by atoms with Crippen LogP contribution in [0.5, 0.6) is 5.88 Å². The molecule has 0 fully saturated rings. The minimum atomic E-state index is -0.548. The van der Waals surface area contributed by atoms with Gasteiger partial charge in [0.2, 0.25) is 5.88 Å². The Morgan fingerprint density at radius 2 is 2.04 bits per heavy atom. The van der Waals surface area contributed by atoms with E-state index in [4.69, 9.17) is 9.47 Å². The first-order valence-electron chi connectivity index (χ1n) is 9.76. The monoisotopic (exact) mass is 383 g/mol. The first kappa shape index (κ1) is 20.1. The molecule has 0 aliphatic heterocycles. The van der Waals surface area contributed by atoms with Crippen molar-refractivity contribution in [2.75, 3.05) is 25.5 Å². The topological polar surface area (TPSA) is 72.5 Å². The van der Waals surface area contributed by atoms with Crippen LogP contribution < -0.4 is 15.4 Å². The first-order valence-corrected chi connectivity index (χ1v) is 9.76. The highest BCUT2D eigenvalue weighted by molar-refractivity contribution is 5.94. The van der Waals surface area contributed by atoms with E-state index < -0.39 is 11.7 Å². The van der Waals surface area contributed by atoms with Crippen molar-refractivity contribution >= 4 is 11.8 Å². The van der Waals surface area contributed by atoms with Gasteiger partial charge in [0.25, 0.3) is 0 Å². The molecule has 0 saturated heterocycles. The molecule has 1 amide bonds. The van der Waals surface area contributed by atoms with Crippen LogP contribution >= 0.6 is 0 Å². The van der Waals surface area contributed by atoms with Crippen LogP contribution in [0.15, 0.2) is 30.5 Å². The van der Waals surface area contributed by atoms with Gasteiger partial charge in [0.05, 0.1) is 5.69 Å². The maximum absolute atomic E-state index is 12.5. The van der Waals surface area contributed by atoms with Crippen LogP contribution in [0.4, 0.5) is 10.5 Å². The van der Waals surface area contributed by atoms with Crippen LogP contribution in [-0.4, -0.2) is 36.9 Å². The summed E-state index contributed by atoms with van der Waals surface area (Å²) in [6.45, 7) is 6.87. The van der Waals surface area contributed by atoms with Crippen molar-refractivity contribution in [1.82, 2.24) is 10.3 Å². The van der Waals surface area contributed by atoms with Gasteiger partial charge in [0, 0.05) is 24.4 Å². The van der Waals surface area contributed by atoms with Crippen molar-refractivity contribution in [2.24, 2.45) is 0 Å². The van der Waals surface area contributed by atoms with Gasteiger partial charge in [0.15, 0.2) is 0 Å². The number of fused-ring (bicyclic) bond motifs is 1. The molecule has 1 aliphatic rings. The summed E-state index contributed by atoms with van der Waals surface area (Å²) in [4.78, 5) is 16.8. The van der Waals surface area contributed by atoms with Gasteiger partial charge in [-0.1, -0.05) is 12.1 Å². The Morgan fingerprint density at radius 1 is 1.21 bits per heavy atom. The predicted molar refractivity (Wildman–Crippen MR) is 111 cm³/mol. The van der Waals surface area contributed by atoms with Gasteiger partial charge in [-0.3, -0.25) is 5.32 Å². The zero-order chi connectivity index (χ0) is 20.1. The van der Waals surface area contributed by atoms with Crippen molar-refractivity contribution < 1.29 is 14.3 Å². The number of ether oxygens (including phenoxy) is 2. The largest absolute Gasteiger partial charge is 0.476 e. The molecule has 28 heavy (non-hydrogen) atoms. The molecule has 0 spiro atoms. The Kier molecular flexibility index (Phi) is 6.19. The number of aryl methyl sites for hydroxylation is 1. The van der Waals surface area contributed by atoms with Crippen molar-refractivity contribution in [2.45, 2.75) is 45.6 Å². The van der Waals surface area contributed by atoms with Crippen LogP contribution in [0.25, 0.3) is 11.1 Å². The van der Waals surface area contributed by atoms with E-state index in [2.05, 4.69) is 27.8 Å². The molecule has 1 heterocycles. The lowest BCUT2D eigenvalue weighted by Gasteiger charge is -2.22. The third-order valence-corrected chi connectivity index (χ3v) is 4.56. The molecule has 150 valence electrons. The molecule has 3 rings (SSSR count). The van der Waals surface area contributed by atoms with Crippen molar-refractivity contribution in [3.63, 3.8) is 0 Å². The van der Waals surface area contributed by atoms with Crippen molar-refractivity contribution in [3.05, 3.63) is 41.6 Å². The molecule has 0 unspecified atom stereocenters. The fourth-order valence-corrected chi connectivity index (χ4v) is 3.37. The Bertz CT molecular complexity index is 843. The number of hydrogen-bond donors (Lipinski definition) is 2. The Labute approximate surface area is 166 Å². The van der Waals surface area contributed by atoms with Crippen LogP contribution in [0, 0.1) is 0 Å². The second kappa shape index (κ2) is 8.61. The van der Waals surface area contributed by atoms with Crippen LogP contribution in [0.3, 0.4) is 0 Å². The smallest absolute Gasteiger partial charge is 0.412 e. The molecule has 2 N–H and O–H groups in total. The fraction of sp³-hybridized carbons (Fsp3) is 0.455. The maximum Gasteiger partial charge on any atom is 0.412 e. The third kappa shape index (κ3) is 5.01. The number of carbonyl (C=O) groups is 1. The quantitative estimate of drug-likeness (QED) is 0.732. The minimum absolute atomic E-state index is 0.436. The van der Waals surface area contributed by atoms with Gasteiger partial charge < -0.3 is 14.8 Å². The van der Waals surface area contributed by atoms with Gasteiger partial charge in [-0.25, -0.2) is 9.78 Å². The number of pyridine rings is 1. The second-order valence-electron chi connectivity index (χ2n) is 7.94. The molecule has 6 heteroatoms. The standard InChI is InChI=1S/C22H29N3O3/c1-22(2,3)28-21(26)25-20-17-7-5-6-15(17)8-9-18(20)16-10-11-24-19(14-16)27-13-12-23-4/h8-11,14,23H,5-7,12-13H2,1-4H3,(H,25,26). The lowest BCUT2D eigenvalue weighted by Crippen LogP contribution is -2.27.